The molecule has 1 N–H and O–H groups in total. The minimum absolute atomic E-state index is 0.124. The highest BCUT2D eigenvalue weighted by Crippen LogP contribution is 2.06. The lowest BCUT2D eigenvalue weighted by atomic mass is 10.1. The number of hydrogen-bond acceptors (Lipinski definition) is 5. The summed E-state index contributed by atoms with van der Waals surface area (Å²) >= 11 is 0. The van der Waals surface area contributed by atoms with Crippen LogP contribution in [0.15, 0.2) is 22.8 Å². The van der Waals surface area contributed by atoms with Crippen LogP contribution in [0.4, 0.5) is 0 Å². The molecule has 0 spiro atoms. The molecule has 15 heavy (non-hydrogen) atoms. The molecule has 0 radical (unpaired) electrons. The van der Waals surface area contributed by atoms with Gasteiger partial charge in [-0.3, -0.25) is 9.59 Å². The molecule has 1 aromatic rings. The van der Waals surface area contributed by atoms with E-state index in [1.165, 1.54) is 19.3 Å². The summed E-state index contributed by atoms with van der Waals surface area (Å²) < 4.78 is 9.40. The summed E-state index contributed by atoms with van der Waals surface area (Å²) in [6.07, 6.45) is 0.262. The lowest BCUT2D eigenvalue weighted by molar-refractivity contribution is -0.143. The molecule has 0 aliphatic heterocycles. The molecule has 0 aliphatic carbocycles. The largest absolute Gasteiger partial charge is 0.463 e. The van der Waals surface area contributed by atoms with Crippen molar-refractivity contribution in [2.45, 2.75) is 19.4 Å². The average molecular weight is 212 g/mol. The van der Waals surface area contributed by atoms with Gasteiger partial charge >= 0.3 is 5.97 Å². The first kappa shape index (κ1) is 11.5. The number of Topliss-reactive ketones (excluding diaryl/α,β-unsaturated/α-hetero) is 1. The first-order chi connectivity index (χ1) is 7.09. The SMILES string of the molecule is CC(=O)OCC(O)CC(=O)c1ccco1. The molecule has 1 rings (SSSR count). The summed E-state index contributed by atoms with van der Waals surface area (Å²) in [4.78, 5) is 21.8. The van der Waals surface area contributed by atoms with Gasteiger partial charge in [-0.1, -0.05) is 0 Å². The Balaban J connectivity index is 2.35. The molecule has 0 aliphatic rings. The first-order valence-electron chi connectivity index (χ1n) is 4.47. The van der Waals surface area contributed by atoms with E-state index in [2.05, 4.69) is 4.74 Å². The van der Waals surface area contributed by atoms with Crippen molar-refractivity contribution in [1.29, 1.82) is 0 Å². The van der Waals surface area contributed by atoms with Gasteiger partial charge in [-0.15, -0.1) is 0 Å². The number of rotatable bonds is 5. The van der Waals surface area contributed by atoms with Gasteiger partial charge in [0.15, 0.2) is 5.76 Å². The molecule has 0 saturated carbocycles. The van der Waals surface area contributed by atoms with Crippen molar-refractivity contribution in [3.8, 4) is 0 Å². The second-order valence-electron chi connectivity index (χ2n) is 3.06. The van der Waals surface area contributed by atoms with Crippen LogP contribution >= 0.6 is 0 Å². The van der Waals surface area contributed by atoms with Crippen LogP contribution in [0, 0.1) is 0 Å². The maximum Gasteiger partial charge on any atom is 0.302 e. The Labute approximate surface area is 86.6 Å². The standard InChI is InChI=1S/C10H12O5/c1-7(11)15-6-8(12)5-9(13)10-3-2-4-14-10/h2-4,8,12H,5-6H2,1H3. The summed E-state index contributed by atoms with van der Waals surface area (Å²) in [7, 11) is 0. The molecular formula is C10H12O5. The highest BCUT2D eigenvalue weighted by molar-refractivity contribution is 5.93. The van der Waals surface area contributed by atoms with E-state index in [4.69, 9.17) is 4.42 Å². The summed E-state index contributed by atoms with van der Waals surface area (Å²) in [6, 6.07) is 3.10. The number of carbonyl (C=O) groups is 2. The third-order valence-corrected chi connectivity index (χ3v) is 1.70. The smallest absolute Gasteiger partial charge is 0.302 e. The van der Waals surface area contributed by atoms with Crippen molar-refractivity contribution in [1.82, 2.24) is 0 Å². The maximum atomic E-state index is 11.4. The van der Waals surface area contributed by atoms with Crippen molar-refractivity contribution in [3.63, 3.8) is 0 Å². The molecule has 0 fully saturated rings. The fraction of sp³-hybridized carbons (Fsp3) is 0.400. The zero-order valence-electron chi connectivity index (χ0n) is 8.30. The number of aliphatic hydroxyl groups excluding tert-OH is 1. The molecule has 5 nitrogen and oxygen atoms in total. The second kappa shape index (κ2) is 5.31. The number of furan rings is 1. The van der Waals surface area contributed by atoms with Gasteiger partial charge in [0.1, 0.15) is 6.61 Å². The van der Waals surface area contributed by atoms with E-state index >= 15 is 0 Å². The van der Waals surface area contributed by atoms with Crippen molar-refractivity contribution < 1.29 is 23.8 Å². The lowest BCUT2D eigenvalue weighted by Crippen LogP contribution is -2.20. The predicted octanol–water partition coefficient (Wildman–Crippen LogP) is 0.776. The Morgan fingerprint density at radius 3 is 2.87 bits per heavy atom. The molecule has 0 bridgehead atoms. The second-order valence-corrected chi connectivity index (χ2v) is 3.06. The highest BCUT2D eigenvalue weighted by Gasteiger charge is 2.15. The van der Waals surface area contributed by atoms with Crippen LogP contribution in [0.3, 0.4) is 0 Å². The fourth-order valence-electron chi connectivity index (χ4n) is 1.02. The van der Waals surface area contributed by atoms with Gasteiger partial charge < -0.3 is 14.3 Å². The summed E-state index contributed by atoms with van der Waals surface area (Å²) in [6.45, 7) is 1.06. The molecule has 0 amide bonds. The molecule has 0 saturated heterocycles. The summed E-state index contributed by atoms with van der Waals surface area (Å²) in [5.74, 6) is -0.615. The Bertz CT molecular complexity index is 328. The van der Waals surface area contributed by atoms with Crippen molar-refractivity contribution in [2.24, 2.45) is 0 Å². The monoisotopic (exact) mass is 212 g/mol. The molecule has 5 heteroatoms. The van der Waals surface area contributed by atoms with Crippen LogP contribution in [0.2, 0.25) is 0 Å². The van der Waals surface area contributed by atoms with Gasteiger partial charge in [0.25, 0.3) is 0 Å². The van der Waals surface area contributed by atoms with Crippen molar-refractivity contribution in [2.75, 3.05) is 6.61 Å². The summed E-state index contributed by atoms with van der Waals surface area (Å²) in [5.41, 5.74) is 0. The highest BCUT2D eigenvalue weighted by atomic mass is 16.5. The molecule has 82 valence electrons. The van der Waals surface area contributed by atoms with Crippen molar-refractivity contribution in [3.05, 3.63) is 24.2 Å². The molecule has 1 unspecified atom stereocenters. The van der Waals surface area contributed by atoms with E-state index in [0.717, 1.165) is 0 Å². The quantitative estimate of drug-likeness (QED) is 0.576. The van der Waals surface area contributed by atoms with Gasteiger partial charge in [-0.2, -0.15) is 0 Å². The number of hydrogen-bond donors (Lipinski definition) is 1. The van der Waals surface area contributed by atoms with Crippen molar-refractivity contribution >= 4 is 11.8 Å². The third kappa shape index (κ3) is 3.95. The number of ketones is 1. The molecular weight excluding hydrogens is 200 g/mol. The van der Waals surface area contributed by atoms with E-state index in [1.807, 2.05) is 0 Å². The Morgan fingerprint density at radius 2 is 2.33 bits per heavy atom. The number of ether oxygens (including phenoxy) is 1. The Morgan fingerprint density at radius 1 is 1.60 bits per heavy atom. The zero-order valence-corrected chi connectivity index (χ0v) is 8.30. The molecule has 1 atom stereocenters. The molecule has 0 aromatic carbocycles. The minimum atomic E-state index is -0.994. The molecule has 1 aromatic heterocycles. The van der Waals surface area contributed by atoms with Gasteiger partial charge in [0, 0.05) is 13.3 Å². The van der Waals surface area contributed by atoms with E-state index < -0.39 is 12.1 Å². The number of carbonyl (C=O) groups excluding carboxylic acids is 2. The fourth-order valence-corrected chi connectivity index (χ4v) is 1.02. The van der Waals surface area contributed by atoms with E-state index in [9.17, 15) is 14.7 Å². The van der Waals surface area contributed by atoms with E-state index in [1.54, 1.807) is 6.07 Å². The van der Waals surface area contributed by atoms with Crippen LogP contribution in [-0.2, 0) is 9.53 Å². The number of aliphatic hydroxyl groups is 1. The van der Waals surface area contributed by atoms with Gasteiger partial charge in [-0.25, -0.2) is 0 Å². The Kier molecular flexibility index (Phi) is 4.05. The van der Waals surface area contributed by atoms with Crippen LogP contribution < -0.4 is 0 Å². The van der Waals surface area contributed by atoms with E-state index in [-0.39, 0.29) is 24.6 Å². The first-order valence-corrected chi connectivity index (χ1v) is 4.47. The Hall–Kier alpha value is -1.62. The van der Waals surface area contributed by atoms with Gasteiger partial charge in [0.2, 0.25) is 5.78 Å². The molecule has 1 heterocycles. The minimum Gasteiger partial charge on any atom is -0.463 e. The lowest BCUT2D eigenvalue weighted by Gasteiger charge is -2.08. The van der Waals surface area contributed by atoms with Gasteiger partial charge in [0.05, 0.1) is 12.4 Å². The zero-order chi connectivity index (χ0) is 11.3. The van der Waals surface area contributed by atoms with Crippen LogP contribution in [0.25, 0.3) is 0 Å². The average Bonchev–Trinajstić information content (AvgIpc) is 2.67. The normalized spacial score (nSPS) is 12.1. The predicted molar refractivity (Wildman–Crippen MR) is 50.3 cm³/mol. The van der Waals surface area contributed by atoms with Crippen LogP contribution in [0.1, 0.15) is 23.9 Å². The topological polar surface area (TPSA) is 76.7 Å². The third-order valence-electron chi connectivity index (χ3n) is 1.70. The number of esters is 1. The van der Waals surface area contributed by atoms with E-state index in [0.29, 0.717) is 0 Å². The van der Waals surface area contributed by atoms with Crippen LogP contribution in [-0.4, -0.2) is 29.6 Å². The summed E-state index contributed by atoms with van der Waals surface area (Å²) in [5, 5.41) is 9.33. The van der Waals surface area contributed by atoms with Crippen LogP contribution in [0.5, 0.6) is 0 Å². The van der Waals surface area contributed by atoms with Gasteiger partial charge in [-0.05, 0) is 12.1 Å². The maximum absolute atomic E-state index is 11.4.